The van der Waals surface area contributed by atoms with Crippen LogP contribution in [-0.2, 0) is 14.1 Å². The molecule has 7 heterocycles. The fourth-order valence-electron chi connectivity index (χ4n) is 7.58. The highest BCUT2D eigenvalue weighted by Crippen LogP contribution is 2.41. The van der Waals surface area contributed by atoms with Crippen LogP contribution in [0.1, 0.15) is 57.6 Å². The van der Waals surface area contributed by atoms with Gasteiger partial charge in [0.1, 0.15) is 51.3 Å². The van der Waals surface area contributed by atoms with Crippen molar-refractivity contribution in [1.29, 1.82) is 0 Å². The number of amides is 2. The minimum Gasteiger partial charge on any atom is -0.457 e. The molecule has 0 saturated carbocycles. The summed E-state index contributed by atoms with van der Waals surface area (Å²) >= 11 is 0. The zero-order valence-corrected chi connectivity index (χ0v) is 40.3. The number of rotatable bonds is 17. The number of carbonyl (C=O) groups is 3. The van der Waals surface area contributed by atoms with Gasteiger partial charge in [-0.1, -0.05) is 6.92 Å². The molecule has 0 fully saturated rings. The van der Waals surface area contributed by atoms with E-state index in [1.165, 1.54) is 111 Å². The summed E-state index contributed by atoms with van der Waals surface area (Å²) in [6.45, 7) is -3.11. The molecule has 0 aliphatic carbocycles. The molecule has 388 valence electrons. The average Bonchev–Trinajstić information content (AvgIpc) is 4.26. The van der Waals surface area contributed by atoms with E-state index >= 15 is 0 Å². The number of ketones is 1. The van der Waals surface area contributed by atoms with Crippen LogP contribution in [-0.4, -0.2) is 89.4 Å². The van der Waals surface area contributed by atoms with Crippen LogP contribution in [0.5, 0.6) is 34.5 Å². The first kappa shape index (κ1) is 50.9. The summed E-state index contributed by atoms with van der Waals surface area (Å²) < 4.78 is 94.2. The van der Waals surface area contributed by atoms with Crippen LogP contribution in [0.25, 0.3) is 33.8 Å². The van der Waals surface area contributed by atoms with E-state index in [1.54, 1.807) is 69.8 Å². The molecular formula is C50H41F5N14O7. The number of alkyl halides is 5. The van der Waals surface area contributed by atoms with Gasteiger partial charge < -0.3 is 29.6 Å². The van der Waals surface area contributed by atoms with E-state index in [2.05, 4.69) is 46.1 Å². The molecule has 1 unspecified atom stereocenters. The summed E-state index contributed by atoms with van der Waals surface area (Å²) in [4.78, 5) is 46.4. The first-order chi connectivity index (χ1) is 36.6. The highest BCUT2D eigenvalue weighted by Gasteiger charge is 2.25. The van der Waals surface area contributed by atoms with Crippen LogP contribution in [0.3, 0.4) is 0 Å². The van der Waals surface area contributed by atoms with Gasteiger partial charge in [-0.2, -0.15) is 43.1 Å². The molecule has 76 heavy (non-hydrogen) atoms. The number of nitrogens with one attached hydrogen (secondary N) is 2. The summed E-state index contributed by atoms with van der Waals surface area (Å²) in [5.41, 5.74) is 2.75. The summed E-state index contributed by atoms with van der Waals surface area (Å²) in [6, 6.07) is 18.3. The van der Waals surface area contributed by atoms with Gasteiger partial charge in [0.25, 0.3) is 11.8 Å². The predicted octanol–water partition coefficient (Wildman–Crippen LogP) is 9.83. The van der Waals surface area contributed by atoms with Gasteiger partial charge in [-0.3, -0.25) is 23.7 Å². The molecular weight excluding hydrogens is 1000 g/mol. The second-order valence-electron chi connectivity index (χ2n) is 16.2. The van der Waals surface area contributed by atoms with E-state index in [9.17, 15) is 36.3 Å². The molecule has 3 aromatic carbocycles. The Hall–Kier alpha value is -10.0. The molecule has 0 aliphatic heterocycles. The van der Waals surface area contributed by atoms with Crippen molar-refractivity contribution in [2.45, 2.75) is 39.8 Å². The van der Waals surface area contributed by atoms with Gasteiger partial charge in [0.05, 0.1) is 47.3 Å². The SMILES string of the molecule is CC(F)n1cc(Oc2ccc(OC(F)F)c(-c3nn(C)cc3NC(=O)c3cnn4cccnc34)c2)cn1.CCC(=O)c1ccc(Oc2ccc(OC(F)F)c(-c3nn(C)cc3NC(=O)c3cnn4cccnc34)c2)cc1. The molecule has 26 heteroatoms. The highest BCUT2D eigenvalue weighted by atomic mass is 19.3. The lowest BCUT2D eigenvalue weighted by Gasteiger charge is -2.13. The van der Waals surface area contributed by atoms with Crippen molar-refractivity contribution in [3.8, 4) is 57.0 Å². The molecule has 0 saturated heterocycles. The van der Waals surface area contributed by atoms with E-state index in [-0.39, 0.29) is 73.8 Å². The maximum atomic E-state index is 13.5. The highest BCUT2D eigenvalue weighted by molar-refractivity contribution is 6.10. The number of ether oxygens (including phenoxy) is 4. The van der Waals surface area contributed by atoms with Crippen molar-refractivity contribution in [2.24, 2.45) is 14.1 Å². The van der Waals surface area contributed by atoms with Gasteiger partial charge in [-0.05, 0) is 79.7 Å². The minimum atomic E-state index is -3.11. The van der Waals surface area contributed by atoms with Crippen LogP contribution in [0.15, 0.2) is 135 Å². The standard InChI is InChI=1S/C27H22F2N6O4.C23H19F3N8O3/c1-3-22(36)16-5-7-17(8-6-16)38-18-9-10-23(39-27(28)29)19(13-18)24-21(15-34(2)33-24)32-26(37)20-14-31-35-12-4-11-30-25(20)35;1-13(24)34-11-15(9-28-34)36-14-4-5-19(37-23(25)26)16(8-14)20-18(12-32(2)31-20)30-22(35)17-10-29-33-7-3-6-27-21(17)33/h4-15,27H,3H2,1-2H3,(H,32,37);3-13,23H,1-2H3,(H,30,35). The van der Waals surface area contributed by atoms with Crippen LogP contribution in [0.2, 0.25) is 0 Å². The van der Waals surface area contributed by atoms with E-state index < -0.39 is 31.3 Å². The molecule has 0 radical (unpaired) electrons. The number of aromatic nitrogens is 12. The summed E-state index contributed by atoms with van der Waals surface area (Å²) in [7, 11) is 3.24. The third kappa shape index (κ3) is 11.4. The van der Waals surface area contributed by atoms with Crippen molar-refractivity contribution < 1.29 is 55.3 Å². The molecule has 2 N–H and O–H groups in total. The maximum absolute atomic E-state index is 13.5. The Morgan fingerprint density at radius 3 is 1.53 bits per heavy atom. The smallest absolute Gasteiger partial charge is 0.387 e. The van der Waals surface area contributed by atoms with Gasteiger partial charge in [-0.25, -0.2) is 28.1 Å². The maximum Gasteiger partial charge on any atom is 0.387 e. The number of hydrogen-bond donors (Lipinski definition) is 2. The van der Waals surface area contributed by atoms with Crippen molar-refractivity contribution in [2.75, 3.05) is 10.6 Å². The lowest BCUT2D eigenvalue weighted by Crippen LogP contribution is -2.12. The number of aryl methyl sites for hydroxylation is 2. The van der Waals surface area contributed by atoms with E-state index in [0.29, 0.717) is 34.8 Å². The normalized spacial score (nSPS) is 11.6. The fourth-order valence-corrected chi connectivity index (χ4v) is 7.58. The van der Waals surface area contributed by atoms with Crippen LogP contribution < -0.4 is 29.6 Å². The Balaban J connectivity index is 0.000000186. The molecule has 10 rings (SSSR count). The first-order valence-corrected chi connectivity index (χ1v) is 22.7. The van der Waals surface area contributed by atoms with Crippen LogP contribution >= 0.6 is 0 Å². The molecule has 0 spiro atoms. The lowest BCUT2D eigenvalue weighted by atomic mass is 10.1. The molecule has 0 aliphatic rings. The van der Waals surface area contributed by atoms with Crippen LogP contribution in [0.4, 0.5) is 33.3 Å². The Morgan fingerprint density at radius 2 is 1.08 bits per heavy atom. The number of benzene rings is 3. The lowest BCUT2D eigenvalue weighted by molar-refractivity contribution is -0.0501. The number of fused-ring (bicyclic) bond motifs is 2. The minimum absolute atomic E-state index is 0.00182. The summed E-state index contributed by atoms with van der Waals surface area (Å²) in [6.07, 6.45) is 13.9. The number of anilines is 2. The monoisotopic (exact) mass is 1040 g/mol. The first-order valence-electron chi connectivity index (χ1n) is 22.7. The second kappa shape index (κ2) is 22.0. The van der Waals surface area contributed by atoms with E-state index in [0.717, 1.165) is 4.68 Å². The van der Waals surface area contributed by atoms with Gasteiger partial charge in [0, 0.05) is 63.3 Å². The van der Waals surface area contributed by atoms with Gasteiger partial charge in [-0.15, -0.1) is 0 Å². The van der Waals surface area contributed by atoms with Gasteiger partial charge in [0.2, 0.25) is 0 Å². The zero-order valence-electron chi connectivity index (χ0n) is 40.3. The predicted molar refractivity (Wildman–Crippen MR) is 262 cm³/mol. The Bertz CT molecular complexity index is 3720. The Kier molecular flexibility index (Phi) is 14.7. The number of Topliss-reactive ketones (excluding diaryl/α,β-unsaturated/α-hetero) is 1. The Labute approximate surface area is 426 Å². The number of nitrogens with zero attached hydrogens (tertiary/aromatic N) is 12. The van der Waals surface area contributed by atoms with Crippen molar-refractivity contribution in [3.05, 3.63) is 151 Å². The summed E-state index contributed by atoms with van der Waals surface area (Å²) in [5, 5.41) is 26.3. The third-order valence-corrected chi connectivity index (χ3v) is 11.0. The largest absolute Gasteiger partial charge is 0.457 e. The number of halogens is 5. The molecule has 1 atom stereocenters. The van der Waals surface area contributed by atoms with Gasteiger partial charge in [0.15, 0.2) is 29.1 Å². The molecule has 7 aromatic heterocycles. The van der Waals surface area contributed by atoms with Crippen molar-refractivity contribution in [3.63, 3.8) is 0 Å². The fraction of sp³-hybridized carbons (Fsp3) is 0.160. The third-order valence-electron chi connectivity index (χ3n) is 11.0. The average molecular weight is 1040 g/mol. The number of hydrogen-bond acceptors (Lipinski definition) is 14. The van der Waals surface area contributed by atoms with E-state index in [1.807, 2.05) is 0 Å². The molecule has 10 aromatic rings. The van der Waals surface area contributed by atoms with E-state index in [4.69, 9.17) is 18.9 Å². The van der Waals surface area contributed by atoms with Crippen molar-refractivity contribution in [1.82, 2.24) is 58.5 Å². The molecule has 21 nitrogen and oxygen atoms in total. The number of carbonyl (C=O) groups excluding carboxylic acids is 3. The molecule has 0 bridgehead atoms. The zero-order chi connectivity index (χ0) is 53.6. The van der Waals surface area contributed by atoms with Gasteiger partial charge >= 0.3 is 13.2 Å². The quantitative estimate of drug-likeness (QED) is 0.0639. The summed E-state index contributed by atoms with van der Waals surface area (Å²) in [5.74, 6) is -0.201. The van der Waals surface area contributed by atoms with Crippen molar-refractivity contribution >= 4 is 40.3 Å². The Morgan fingerprint density at radius 1 is 0.605 bits per heavy atom. The van der Waals surface area contributed by atoms with Crippen LogP contribution in [0, 0.1) is 0 Å². The molecule has 2 amide bonds. The topological polar surface area (TPSA) is 226 Å². The second-order valence-corrected chi connectivity index (χ2v) is 16.2.